The first kappa shape index (κ1) is 15.6. The van der Waals surface area contributed by atoms with Crippen LogP contribution in [0.3, 0.4) is 0 Å². The Bertz CT molecular complexity index is 274. The number of nitrogens with zero attached hydrogens (tertiary/aromatic N) is 3. The predicted octanol–water partition coefficient (Wildman–Crippen LogP) is 0.00770. The SMILES string of the molecule is CCC(CO[N+](=O)[O-])(CO[N+](=O)[O-])CO[N+](=O)[O-]. The molecule has 0 spiro atoms. The van der Waals surface area contributed by atoms with Gasteiger partial charge in [-0.25, -0.2) is 0 Å². The molecular weight excluding hydrogens is 258 g/mol. The van der Waals surface area contributed by atoms with Crippen LogP contribution in [0.2, 0.25) is 0 Å². The Morgan fingerprint density at radius 1 is 0.833 bits per heavy atom. The Hall–Kier alpha value is -2.40. The molecule has 0 aromatic carbocycles. The minimum atomic E-state index is -1.35. The van der Waals surface area contributed by atoms with Gasteiger partial charge in [0.25, 0.3) is 15.3 Å². The van der Waals surface area contributed by atoms with Crippen LogP contribution in [0.1, 0.15) is 13.3 Å². The molecule has 0 saturated heterocycles. The fourth-order valence-corrected chi connectivity index (χ4v) is 1.00. The largest absolute Gasteiger partial charge is 0.313 e. The third kappa shape index (κ3) is 6.24. The number of rotatable bonds is 10. The van der Waals surface area contributed by atoms with Crippen molar-refractivity contribution in [2.75, 3.05) is 19.8 Å². The van der Waals surface area contributed by atoms with Crippen molar-refractivity contribution < 1.29 is 29.8 Å². The summed E-state index contributed by atoms with van der Waals surface area (Å²) in [6.45, 7) is -0.329. The van der Waals surface area contributed by atoms with E-state index in [0.29, 0.717) is 0 Å². The third-order valence-corrected chi connectivity index (χ3v) is 2.18. The number of hydrogen-bond acceptors (Lipinski definition) is 9. The maximum atomic E-state index is 10.1. The molecular formula is C6H11N3O9. The fraction of sp³-hybridized carbons (Fsp3) is 1.00. The van der Waals surface area contributed by atoms with Gasteiger partial charge in [0.15, 0.2) is 0 Å². The molecule has 12 nitrogen and oxygen atoms in total. The van der Waals surface area contributed by atoms with Crippen molar-refractivity contribution in [3.63, 3.8) is 0 Å². The van der Waals surface area contributed by atoms with Crippen molar-refractivity contribution in [2.24, 2.45) is 5.41 Å². The van der Waals surface area contributed by atoms with Crippen molar-refractivity contribution in [2.45, 2.75) is 13.3 Å². The highest BCUT2D eigenvalue weighted by Gasteiger charge is 2.33. The van der Waals surface area contributed by atoms with E-state index in [-0.39, 0.29) is 6.42 Å². The van der Waals surface area contributed by atoms with Crippen LogP contribution in [-0.4, -0.2) is 35.1 Å². The lowest BCUT2D eigenvalue weighted by Crippen LogP contribution is -2.38. The normalized spacial score (nSPS) is 10.5. The predicted molar refractivity (Wildman–Crippen MR) is 51.6 cm³/mol. The first-order valence-electron chi connectivity index (χ1n) is 4.63. The highest BCUT2D eigenvalue weighted by molar-refractivity contribution is 4.76. The highest BCUT2D eigenvalue weighted by atomic mass is 17.0. The molecule has 0 aliphatic rings. The summed E-state index contributed by atoms with van der Waals surface area (Å²) in [6, 6.07) is 0. The molecule has 0 rings (SSSR count). The van der Waals surface area contributed by atoms with Gasteiger partial charge in [-0.05, 0) is 6.42 Å². The van der Waals surface area contributed by atoms with E-state index in [2.05, 4.69) is 14.5 Å². The summed E-state index contributed by atoms with van der Waals surface area (Å²) in [4.78, 5) is 42.5. The molecule has 0 bridgehead atoms. The van der Waals surface area contributed by atoms with Gasteiger partial charge >= 0.3 is 0 Å². The van der Waals surface area contributed by atoms with Crippen molar-refractivity contribution in [3.8, 4) is 0 Å². The molecule has 0 heterocycles. The highest BCUT2D eigenvalue weighted by Crippen LogP contribution is 2.24. The van der Waals surface area contributed by atoms with Gasteiger partial charge in [-0.2, -0.15) is 0 Å². The van der Waals surface area contributed by atoms with Gasteiger partial charge in [0.1, 0.15) is 19.8 Å². The van der Waals surface area contributed by atoms with E-state index >= 15 is 0 Å². The molecule has 0 unspecified atom stereocenters. The van der Waals surface area contributed by atoms with Crippen LogP contribution in [0.15, 0.2) is 0 Å². The lowest BCUT2D eigenvalue weighted by molar-refractivity contribution is -0.782. The van der Waals surface area contributed by atoms with E-state index in [4.69, 9.17) is 0 Å². The summed E-state index contributed by atoms with van der Waals surface area (Å²) in [7, 11) is 0. The van der Waals surface area contributed by atoms with E-state index in [1.165, 1.54) is 6.92 Å². The van der Waals surface area contributed by atoms with Crippen LogP contribution in [0.4, 0.5) is 0 Å². The maximum absolute atomic E-state index is 10.1. The molecule has 0 aromatic rings. The summed E-state index contributed by atoms with van der Waals surface area (Å²) in [6.07, 6.45) is 0.0858. The molecule has 0 fully saturated rings. The summed E-state index contributed by atoms with van der Waals surface area (Å²) in [5.41, 5.74) is -1.35. The molecule has 0 aromatic heterocycles. The zero-order valence-corrected chi connectivity index (χ0v) is 9.34. The molecule has 0 aliphatic carbocycles. The number of hydrogen-bond donors (Lipinski definition) is 0. The molecule has 104 valence electrons. The Balaban J connectivity index is 4.63. The van der Waals surface area contributed by atoms with E-state index in [1.807, 2.05) is 0 Å². The van der Waals surface area contributed by atoms with Crippen LogP contribution in [0.5, 0.6) is 0 Å². The molecule has 0 radical (unpaired) electrons. The second kappa shape index (κ2) is 7.03. The summed E-state index contributed by atoms with van der Waals surface area (Å²) in [5, 5.41) is 26.9. The summed E-state index contributed by atoms with van der Waals surface area (Å²) in [5.74, 6) is 0. The standard InChI is InChI=1S/C6H11N3O9/c1-2-6(3-16-7(10)11,4-17-8(12)13)5-18-9(14)15/h2-5H2,1H3. The second-order valence-electron chi connectivity index (χ2n) is 3.34. The Morgan fingerprint density at radius 3 is 1.28 bits per heavy atom. The average molecular weight is 269 g/mol. The minimum Gasteiger partial charge on any atom is -0.313 e. The van der Waals surface area contributed by atoms with Gasteiger partial charge in [0.05, 0.1) is 0 Å². The molecule has 0 saturated carbocycles. The first-order valence-corrected chi connectivity index (χ1v) is 4.63. The minimum absolute atomic E-state index is 0.0858. The quantitative estimate of drug-likeness (QED) is 0.393. The zero-order valence-electron chi connectivity index (χ0n) is 9.34. The van der Waals surface area contributed by atoms with Gasteiger partial charge in [-0.15, -0.1) is 30.3 Å². The van der Waals surface area contributed by atoms with Crippen molar-refractivity contribution in [1.29, 1.82) is 0 Å². The van der Waals surface area contributed by atoms with Crippen molar-refractivity contribution in [3.05, 3.63) is 30.3 Å². The molecule has 12 heteroatoms. The molecule has 0 amide bonds. The Kier molecular flexibility index (Phi) is 6.09. The maximum Gasteiger partial charge on any atom is 0.294 e. The smallest absolute Gasteiger partial charge is 0.294 e. The lowest BCUT2D eigenvalue weighted by Gasteiger charge is -2.28. The van der Waals surface area contributed by atoms with E-state index < -0.39 is 40.5 Å². The summed E-state index contributed by atoms with van der Waals surface area (Å²) >= 11 is 0. The monoisotopic (exact) mass is 269 g/mol. The van der Waals surface area contributed by atoms with Crippen molar-refractivity contribution in [1.82, 2.24) is 0 Å². The Labute approximate surface area is 99.7 Å². The van der Waals surface area contributed by atoms with E-state index in [0.717, 1.165) is 0 Å². The van der Waals surface area contributed by atoms with Gasteiger partial charge < -0.3 is 14.5 Å². The van der Waals surface area contributed by atoms with E-state index in [9.17, 15) is 30.3 Å². The molecule has 0 aliphatic heterocycles. The third-order valence-electron chi connectivity index (χ3n) is 2.18. The molecule has 0 N–H and O–H groups in total. The topological polar surface area (TPSA) is 157 Å². The van der Waals surface area contributed by atoms with Gasteiger partial charge in [-0.3, -0.25) is 0 Å². The first-order chi connectivity index (χ1) is 8.31. The second-order valence-corrected chi connectivity index (χ2v) is 3.34. The zero-order chi connectivity index (χ0) is 14.2. The van der Waals surface area contributed by atoms with Gasteiger partial charge in [0, 0.05) is 5.41 Å². The van der Waals surface area contributed by atoms with E-state index in [1.54, 1.807) is 0 Å². The van der Waals surface area contributed by atoms with Crippen LogP contribution in [-0.2, 0) is 14.5 Å². The van der Waals surface area contributed by atoms with Crippen molar-refractivity contribution >= 4 is 0 Å². The Morgan fingerprint density at radius 2 is 1.11 bits per heavy atom. The molecule has 0 atom stereocenters. The van der Waals surface area contributed by atoms with Crippen LogP contribution in [0, 0.1) is 35.8 Å². The van der Waals surface area contributed by atoms with Crippen LogP contribution < -0.4 is 0 Å². The average Bonchev–Trinajstić information content (AvgIpc) is 2.28. The molecule has 18 heavy (non-hydrogen) atoms. The fourth-order valence-electron chi connectivity index (χ4n) is 1.00. The lowest BCUT2D eigenvalue weighted by atomic mass is 9.88. The van der Waals surface area contributed by atoms with Crippen LogP contribution >= 0.6 is 0 Å². The van der Waals surface area contributed by atoms with Gasteiger partial charge in [-0.1, -0.05) is 6.92 Å². The summed E-state index contributed by atoms with van der Waals surface area (Å²) < 4.78 is 0. The van der Waals surface area contributed by atoms with Crippen LogP contribution in [0.25, 0.3) is 0 Å². The van der Waals surface area contributed by atoms with Gasteiger partial charge in [0.2, 0.25) is 0 Å².